The topological polar surface area (TPSA) is 17.1 Å². The molecule has 4 aliphatic carbocycles. The molecule has 4 saturated carbocycles. The van der Waals surface area contributed by atoms with Gasteiger partial charge in [0.1, 0.15) is 12.0 Å². The van der Waals surface area contributed by atoms with Crippen molar-refractivity contribution in [3.8, 4) is 0 Å². The molecule has 0 aromatic carbocycles. The van der Waals surface area contributed by atoms with Crippen molar-refractivity contribution in [2.45, 2.75) is 77.8 Å². The summed E-state index contributed by atoms with van der Waals surface area (Å²) in [4.78, 5) is 12.1. The Labute approximate surface area is 134 Å². The number of carbonyl (C=O) groups excluding carboxylic acids is 1. The van der Waals surface area contributed by atoms with Crippen LogP contribution in [0.5, 0.6) is 0 Å². The summed E-state index contributed by atoms with van der Waals surface area (Å²) in [6.45, 7) is 4.22. The SMILES string of the molecule is CC(=O)C1CCC2C3CCC4C[C@@H](F)CCC4C3CCC12C. The van der Waals surface area contributed by atoms with Gasteiger partial charge in [0.2, 0.25) is 0 Å². The smallest absolute Gasteiger partial charge is 0.133 e. The summed E-state index contributed by atoms with van der Waals surface area (Å²) in [5.74, 6) is 4.65. The van der Waals surface area contributed by atoms with E-state index < -0.39 is 6.17 Å². The lowest BCUT2D eigenvalue weighted by Crippen LogP contribution is -2.49. The molecule has 1 nitrogen and oxygen atoms in total. The van der Waals surface area contributed by atoms with Crippen LogP contribution in [-0.4, -0.2) is 12.0 Å². The molecule has 0 N–H and O–H groups in total. The first-order valence-corrected chi connectivity index (χ1v) is 9.65. The Morgan fingerprint density at radius 3 is 2.50 bits per heavy atom. The molecule has 22 heavy (non-hydrogen) atoms. The van der Waals surface area contributed by atoms with Crippen LogP contribution >= 0.6 is 0 Å². The minimum Gasteiger partial charge on any atom is -0.300 e. The number of hydrogen-bond donors (Lipinski definition) is 0. The Balaban J connectivity index is 1.56. The van der Waals surface area contributed by atoms with Crippen molar-refractivity contribution < 1.29 is 9.18 Å². The summed E-state index contributed by atoms with van der Waals surface area (Å²) in [7, 11) is 0. The van der Waals surface area contributed by atoms with Crippen molar-refractivity contribution in [2.24, 2.45) is 40.9 Å². The van der Waals surface area contributed by atoms with E-state index in [1.165, 1.54) is 32.1 Å². The summed E-state index contributed by atoms with van der Waals surface area (Å²) in [5.41, 5.74) is 0.275. The van der Waals surface area contributed by atoms with E-state index in [1.807, 2.05) is 6.92 Å². The Bertz CT molecular complexity index is 461. The maximum Gasteiger partial charge on any atom is 0.133 e. The van der Waals surface area contributed by atoms with E-state index in [9.17, 15) is 9.18 Å². The predicted molar refractivity (Wildman–Crippen MR) is 86.2 cm³/mol. The third-order valence-corrected chi connectivity index (χ3v) is 8.38. The Morgan fingerprint density at radius 2 is 1.73 bits per heavy atom. The van der Waals surface area contributed by atoms with Gasteiger partial charge in [0, 0.05) is 5.92 Å². The van der Waals surface area contributed by atoms with Crippen LogP contribution in [0.1, 0.15) is 71.6 Å². The second-order valence-electron chi connectivity index (χ2n) is 9.13. The highest BCUT2D eigenvalue weighted by atomic mass is 19.1. The minimum atomic E-state index is -0.528. The van der Waals surface area contributed by atoms with Crippen LogP contribution in [0.3, 0.4) is 0 Å². The van der Waals surface area contributed by atoms with E-state index in [2.05, 4.69) is 6.92 Å². The summed E-state index contributed by atoms with van der Waals surface area (Å²) < 4.78 is 13.8. The number of fused-ring (bicyclic) bond motifs is 5. The van der Waals surface area contributed by atoms with Gasteiger partial charge in [0.05, 0.1) is 0 Å². The van der Waals surface area contributed by atoms with Crippen molar-refractivity contribution in [3.05, 3.63) is 0 Å². The first-order chi connectivity index (χ1) is 10.5. The average Bonchev–Trinajstić information content (AvgIpc) is 2.84. The fourth-order valence-electron chi connectivity index (χ4n) is 7.46. The molecule has 0 amide bonds. The molecule has 124 valence electrons. The number of Topliss-reactive ketones (excluding diaryl/α,β-unsaturated/α-hetero) is 1. The van der Waals surface area contributed by atoms with Crippen LogP contribution < -0.4 is 0 Å². The molecule has 0 radical (unpaired) electrons. The zero-order chi connectivity index (χ0) is 15.5. The minimum absolute atomic E-state index is 0.275. The van der Waals surface area contributed by atoms with Crippen LogP contribution in [0.25, 0.3) is 0 Å². The van der Waals surface area contributed by atoms with Crippen LogP contribution in [-0.2, 0) is 4.79 Å². The third kappa shape index (κ3) is 2.12. The van der Waals surface area contributed by atoms with Crippen LogP contribution in [0.15, 0.2) is 0 Å². The highest BCUT2D eigenvalue weighted by molar-refractivity contribution is 5.79. The van der Waals surface area contributed by atoms with E-state index in [4.69, 9.17) is 0 Å². The van der Waals surface area contributed by atoms with Crippen LogP contribution in [0.4, 0.5) is 4.39 Å². The van der Waals surface area contributed by atoms with Gasteiger partial charge in [0.15, 0.2) is 0 Å². The van der Waals surface area contributed by atoms with Crippen molar-refractivity contribution in [3.63, 3.8) is 0 Å². The second-order valence-corrected chi connectivity index (χ2v) is 9.13. The standard InChI is InChI=1S/C20H31FO/c1-12(22)18-7-8-19-17-5-3-13-11-14(21)4-6-15(13)16(17)9-10-20(18,19)2/h13-19H,3-11H2,1-2H3/t13?,14-,15?,16?,17?,18?,19?,20?/m0/s1. The molecule has 2 heteroatoms. The van der Waals surface area contributed by atoms with Gasteiger partial charge >= 0.3 is 0 Å². The number of halogens is 1. The molecule has 0 heterocycles. The van der Waals surface area contributed by atoms with E-state index >= 15 is 0 Å². The number of carbonyl (C=O) groups is 1. The molecule has 4 aliphatic rings. The normalized spacial score (nSPS) is 54.2. The van der Waals surface area contributed by atoms with Crippen molar-refractivity contribution in [1.29, 1.82) is 0 Å². The van der Waals surface area contributed by atoms with Crippen LogP contribution in [0, 0.1) is 40.9 Å². The second kappa shape index (κ2) is 5.31. The van der Waals surface area contributed by atoms with Crippen molar-refractivity contribution >= 4 is 5.78 Å². The van der Waals surface area contributed by atoms with Crippen molar-refractivity contribution in [2.75, 3.05) is 0 Å². The first-order valence-electron chi connectivity index (χ1n) is 9.65. The van der Waals surface area contributed by atoms with E-state index in [0.29, 0.717) is 17.6 Å². The Kier molecular flexibility index (Phi) is 3.66. The zero-order valence-corrected chi connectivity index (χ0v) is 14.2. The highest BCUT2D eigenvalue weighted by Gasteiger charge is 2.57. The van der Waals surface area contributed by atoms with Gasteiger partial charge in [-0.15, -0.1) is 0 Å². The molecule has 0 aromatic heterocycles. The molecular formula is C20H31FO. The summed E-state index contributed by atoms with van der Waals surface area (Å²) in [5, 5.41) is 0. The average molecular weight is 306 g/mol. The molecule has 8 atom stereocenters. The molecule has 4 fully saturated rings. The van der Waals surface area contributed by atoms with Crippen LogP contribution in [0.2, 0.25) is 0 Å². The maximum absolute atomic E-state index is 13.8. The number of rotatable bonds is 1. The highest BCUT2D eigenvalue weighted by Crippen LogP contribution is 2.64. The van der Waals surface area contributed by atoms with Gasteiger partial charge in [-0.3, -0.25) is 4.79 Å². The van der Waals surface area contributed by atoms with Gasteiger partial charge in [-0.25, -0.2) is 4.39 Å². The third-order valence-electron chi connectivity index (χ3n) is 8.38. The Morgan fingerprint density at radius 1 is 0.955 bits per heavy atom. The molecule has 7 unspecified atom stereocenters. The molecule has 0 saturated heterocycles. The maximum atomic E-state index is 13.8. The predicted octanol–water partition coefficient (Wildman–Crippen LogP) is 5.18. The molecular weight excluding hydrogens is 275 g/mol. The zero-order valence-electron chi connectivity index (χ0n) is 14.2. The van der Waals surface area contributed by atoms with E-state index in [0.717, 1.165) is 49.4 Å². The molecule has 0 spiro atoms. The van der Waals surface area contributed by atoms with Gasteiger partial charge in [-0.2, -0.15) is 0 Å². The molecule has 0 aromatic rings. The lowest BCUT2D eigenvalue weighted by atomic mass is 9.49. The Hall–Kier alpha value is -0.400. The number of hydrogen-bond acceptors (Lipinski definition) is 1. The monoisotopic (exact) mass is 306 g/mol. The van der Waals surface area contributed by atoms with Gasteiger partial charge in [-0.05, 0) is 99.7 Å². The number of alkyl halides is 1. The first kappa shape index (κ1) is 15.1. The van der Waals surface area contributed by atoms with Gasteiger partial charge in [-0.1, -0.05) is 6.92 Å². The van der Waals surface area contributed by atoms with E-state index in [1.54, 1.807) is 0 Å². The molecule has 4 rings (SSSR count). The summed E-state index contributed by atoms with van der Waals surface area (Å²) in [6.07, 6.45) is 9.75. The number of ketones is 1. The fraction of sp³-hybridized carbons (Fsp3) is 0.950. The lowest BCUT2D eigenvalue weighted by molar-refractivity contribution is -0.128. The summed E-state index contributed by atoms with van der Waals surface area (Å²) in [6, 6.07) is 0. The van der Waals surface area contributed by atoms with Crippen molar-refractivity contribution in [1.82, 2.24) is 0 Å². The largest absolute Gasteiger partial charge is 0.300 e. The molecule has 0 aliphatic heterocycles. The lowest BCUT2D eigenvalue weighted by Gasteiger charge is -2.55. The molecule has 0 bridgehead atoms. The quantitative estimate of drug-likeness (QED) is 0.652. The fourth-order valence-corrected chi connectivity index (χ4v) is 7.46. The van der Waals surface area contributed by atoms with Gasteiger partial charge < -0.3 is 0 Å². The van der Waals surface area contributed by atoms with Gasteiger partial charge in [0.25, 0.3) is 0 Å². The summed E-state index contributed by atoms with van der Waals surface area (Å²) >= 11 is 0. The van der Waals surface area contributed by atoms with E-state index in [-0.39, 0.29) is 5.41 Å².